The molecule has 6 heteroatoms. The van der Waals surface area contributed by atoms with E-state index in [-0.39, 0.29) is 11.9 Å². The van der Waals surface area contributed by atoms with Gasteiger partial charge in [-0.2, -0.15) is 0 Å². The maximum absolute atomic E-state index is 12.1. The number of β-amino-alcohol motifs (C(OH)–C–C–N with tert-alkyl or cyclic N) is 1. The molecule has 23 heavy (non-hydrogen) atoms. The summed E-state index contributed by atoms with van der Waals surface area (Å²) in [7, 11) is 0. The summed E-state index contributed by atoms with van der Waals surface area (Å²) in [6.07, 6.45) is 3.13. The highest BCUT2D eigenvalue weighted by Gasteiger charge is 2.26. The van der Waals surface area contributed by atoms with Crippen molar-refractivity contribution in [2.45, 2.75) is 32.4 Å². The molecule has 1 saturated heterocycles. The maximum Gasteiger partial charge on any atom is 0.317 e. The van der Waals surface area contributed by atoms with E-state index in [9.17, 15) is 9.90 Å². The normalized spacial score (nSPS) is 21.6. The summed E-state index contributed by atoms with van der Waals surface area (Å²) in [6.45, 7) is 4.61. The fraction of sp³-hybridized carbons (Fsp3) is 0.529. The average molecular weight is 316 g/mol. The second-order valence-electron chi connectivity index (χ2n) is 6.29. The van der Waals surface area contributed by atoms with Crippen LogP contribution in [0, 0.1) is 5.92 Å². The predicted molar refractivity (Wildman–Crippen MR) is 89.1 cm³/mol. The van der Waals surface area contributed by atoms with Crippen LogP contribution in [-0.4, -0.2) is 51.3 Å². The summed E-state index contributed by atoms with van der Waals surface area (Å²) in [6, 6.07) is 7.96. The molecule has 0 aliphatic carbocycles. The summed E-state index contributed by atoms with van der Waals surface area (Å²) < 4.78 is 2.10. The number of fused-ring (bicyclic) bond motifs is 1. The first-order valence-corrected chi connectivity index (χ1v) is 8.26. The predicted octanol–water partition coefficient (Wildman–Crippen LogP) is 1.84. The van der Waals surface area contributed by atoms with E-state index in [1.807, 2.05) is 31.5 Å². The Kier molecular flexibility index (Phi) is 4.81. The van der Waals surface area contributed by atoms with E-state index >= 15 is 0 Å². The summed E-state index contributed by atoms with van der Waals surface area (Å²) in [5.74, 6) is 0.272. The van der Waals surface area contributed by atoms with Gasteiger partial charge in [0, 0.05) is 26.2 Å². The molecule has 1 aromatic carbocycles. The highest BCUT2D eigenvalue weighted by atomic mass is 16.3. The lowest BCUT2D eigenvalue weighted by Gasteiger charge is -2.34. The minimum absolute atomic E-state index is 0.0774. The van der Waals surface area contributed by atoms with E-state index in [2.05, 4.69) is 20.9 Å². The summed E-state index contributed by atoms with van der Waals surface area (Å²) in [4.78, 5) is 18.2. The molecule has 0 radical (unpaired) electrons. The number of rotatable bonds is 4. The molecule has 2 heterocycles. The Morgan fingerprint density at radius 2 is 2.26 bits per heavy atom. The van der Waals surface area contributed by atoms with Gasteiger partial charge < -0.3 is 19.9 Å². The van der Waals surface area contributed by atoms with Crippen LogP contribution in [0.15, 0.2) is 30.6 Å². The molecule has 1 aliphatic rings. The number of nitrogens with one attached hydrogen (secondary N) is 1. The number of piperidine rings is 1. The number of aliphatic hydroxyl groups excluding tert-OH is 1. The van der Waals surface area contributed by atoms with E-state index in [1.54, 1.807) is 4.90 Å². The third kappa shape index (κ3) is 3.64. The molecule has 1 fully saturated rings. The molecule has 6 nitrogen and oxygen atoms in total. The number of hydrogen-bond acceptors (Lipinski definition) is 3. The van der Waals surface area contributed by atoms with Gasteiger partial charge in [-0.1, -0.05) is 19.1 Å². The Labute approximate surface area is 136 Å². The first-order chi connectivity index (χ1) is 11.1. The Hall–Kier alpha value is -2.08. The number of nitrogens with zero attached hydrogens (tertiary/aromatic N) is 3. The molecule has 2 aromatic rings. The second kappa shape index (κ2) is 7.00. The van der Waals surface area contributed by atoms with E-state index < -0.39 is 6.10 Å². The Morgan fingerprint density at radius 3 is 3.09 bits per heavy atom. The first kappa shape index (κ1) is 15.8. The fourth-order valence-corrected chi connectivity index (χ4v) is 2.98. The molecule has 1 aromatic heterocycles. The van der Waals surface area contributed by atoms with Crippen LogP contribution >= 0.6 is 0 Å². The Balaban J connectivity index is 1.44. The van der Waals surface area contributed by atoms with Crippen molar-refractivity contribution in [2.24, 2.45) is 5.92 Å². The number of aryl methyl sites for hydroxylation is 1. The standard InChI is InChI=1S/C17H24N4O2/c1-13-7-10-20(11-16(13)22)17(23)18-8-4-9-21-12-19-14-5-2-3-6-15(14)21/h2-3,5-6,12-13,16,22H,4,7-11H2,1H3,(H,18,23). The number of carbonyl (C=O) groups is 1. The third-order valence-electron chi connectivity index (χ3n) is 4.59. The van der Waals surface area contributed by atoms with E-state index in [0.717, 1.165) is 37.0 Å². The Bertz CT molecular complexity index is 669. The number of carbonyl (C=O) groups excluding carboxylic acids is 1. The number of likely N-dealkylation sites (tertiary alicyclic amines) is 1. The number of imidazole rings is 1. The zero-order valence-electron chi connectivity index (χ0n) is 13.5. The van der Waals surface area contributed by atoms with Crippen molar-refractivity contribution < 1.29 is 9.90 Å². The number of aromatic nitrogens is 2. The van der Waals surface area contributed by atoms with Crippen LogP contribution in [0.4, 0.5) is 4.79 Å². The molecule has 124 valence electrons. The minimum atomic E-state index is -0.410. The largest absolute Gasteiger partial charge is 0.391 e. The highest BCUT2D eigenvalue weighted by Crippen LogP contribution is 2.16. The lowest BCUT2D eigenvalue weighted by Crippen LogP contribution is -2.49. The van der Waals surface area contributed by atoms with Gasteiger partial charge in [0.25, 0.3) is 0 Å². The van der Waals surface area contributed by atoms with Crippen LogP contribution in [0.5, 0.6) is 0 Å². The lowest BCUT2D eigenvalue weighted by molar-refractivity contribution is 0.0436. The van der Waals surface area contributed by atoms with Gasteiger partial charge in [-0.05, 0) is 30.9 Å². The van der Waals surface area contributed by atoms with E-state index in [0.29, 0.717) is 13.1 Å². The number of amides is 2. The number of hydrogen-bond donors (Lipinski definition) is 2. The van der Waals surface area contributed by atoms with E-state index in [4.69, 9.17) is 0 Å². The van der Waals surface area contributed by atoms with Crippen LogP contribution in [0.2, 0.25) is 0 Å². The molecule has 0 saturated carbocycles. The lowest BCUT2D eigenvalue weighted by atomic mass is 9.96. The van der Waals surface area contributed by atoms with Gasteiger partial charge in [0.2, 0.25) is 0 Å². The van der Waals surface area contributed by atoms with Gasteiger partial charge in [-0.3, -0.25) is 0 Å². The molecule has 2 atom stereocenters. The Morgan fingerprint density at radius 1 is 1.43 bits per heavy atom. The van der Waals surface area contributed by atoms with Crippen molar-refractivity contribution in [3.63, 3.8) is 0 Å². The van der Waals surface area contributed by atoms with Crippen molar-refractivity contribution in [3.8, 4) is 0 Å². The molecule has 2 N–H and O–H groups in total. The number of benzene rings is 1. The second-order valence-corrected chi connectivity index (χ2v) is 6.29. The van der Waals surface area contributed by atoms with Gasteiger partial charge in [-0.15, -0.1) is 0 Å². The van der Waals surface area contributed by atoms with Gasteiger partial charge in [0.1, 0.15) is 0 Å². The SMILES string of the molecule is CC1CCN(C(=O)NCCCn2cnc3ccccc32)CC1O. The molecule has 0 spiro atoms. The zero-order valence-corrected chi connectivity index (χ0v) is 13.5. The molecule has 0 bridgehead atoms. The number of urea groups is 1. The fourth-order valence-electron chi connectivity index (χ4n) is 2.98. The molecular weight excluding hydrogens is 292 g/mol. The van der Waals surface area contributed by atoms with Crippen LogP contribution in [-0.2, 0) is 6.54 Å². The molecule has 2 unspecified atom stereocenters. The topological polar surface area (TPSA) is 70.4 Å². The van der Waals surface area contributed by atoms with Crippen LogP contribution in [0.1, 0.15) is 19.8 Å². The van der Waals surface area contributed by atoms with Gasteiger partial charge in [0.15, 0.2) is 0 Å². The van der Waals surface area contributed by atoms with Crippen LogP contribution < -0.4 is 5.32 Å². The van der Waals surface area contributed by atoms with Crippen LogP contribution in [0.3, 0.4) is 0 Å². The average Bonchev–Trinajstić information content (AvgIpc) is 2.97. The molecular formula is C17H24N4O2. The monoisotopic (exact) mass is 316 g/mol. The summed E-state index contributed by atoms with van der Waals surface area (Å²) in [5, 5.41) is 12.8. The van der Waals surface area contributed by atoms with Crippen molar-refractivity contribution in [1.82, 2.24) is 19.8 Å². The summed E-state index contributed by atoms with van der Waals surface area (Å²) in [5.41, 5.74) is 2.11. The van der Waals surface area contributed by atoms with Crippen LogP contribution in [0.25, 0.3) is 11.0 Å². The van der Waals surface area contributed by atoms with Crippen molar-refractivity contribution in [1.29, 1.82) is 0 Å². The highest BCUT2D eigenvalue weighted by molar-refractivity contribution is 5.75. The minimum Gasteiger partial charge on any atom is -0.391 e. The number of aliphatic hydroxyl groups is 1. The van der Waals surface area contributed by atoms with E-state index in [1.165, 1.54) is 0 Å². The molecule has 3 rings (SSSR count). The smallest absolute Gasteiger partial charge is 0.317 e. The maximum atomic E-state index is 12.1. The molecule has 1 aliphatic heterocycles. The van der Waals surface area contributed by atoms with Gasteiger partial charge in [0.05, 0.1) is 23.5 Å². The zero-order chi connectivity index (χ0) is 16.2. The van der Waals surface area contributed by atoms with Gasteiger partial charge in [-0.25, -0.2) is 9.78 Å². The molecule has 2 amide bonds. The van der Waals surface area contributed by atoms with Crippen molar-refractivity contribution in [2.75, 3.05) is 19.6 Å². The van der Waals surface area contributed by atoms with Crippen molar-refractivity contribution >= 4 is 17.1 Å². The number of para-hydroxylation sites is 2. The summed E-state index contributed by atoms with van der Waals surface area (Å²) >= 11 is 0. The van der Waals surface area contributed by atoms with Gasteiger partial charge >= 0.3 is 6.03 Å². The van der Waals surface area contributed by atoms with Crippen molar-refractivity contribution in [3.05, 3.63) is 30.6 Å². The quantitative estimate of drug-likeness (QED) is 0.846. The first-order valence-electron chi connectivity index (χ1n) is 8.26. The third-order valence-corrected chi connectivity index (χ3v) is 4.59.